The highest BCUT2D eigenvalue weighted by Gasteiger charge is 2.01. The zero-order chi connectivity index (χ0) is 16.1. The highest BCUT2D eigenvalue weighted by atomic mass is 35.5. The van der Waals surface area contributed by atoms with Crippen molar-refractivity contribution in [2.45, 2.75) is 19.6 Å². The van der Waals surface area contributed by atoms with Crippen molar-refractivity contribution in [1.29, 1.82) is 0 Å². The summed E-state index contributed by atoms with van der Waals surface area (Å²) in [6.07, 6.45) is 3.26. The lowest BCUT2D eigenvalue weighted by atomic mass is 10.1. The zero-order valence-electron chi connectivity index (χ0n) is 12.8. The van der Waals surface area contributed by atoms with Crippen LogP contribution in [0.2, 0.25) is 10.0 Å². The molecule has 0 radical (unpaired) electrons. The minimum absolute atomic E-state index is 0. The number of rotatable bonds is 6. The second-order valence-electron chi connectivity index (χ2n) is 5.25. The van der Waals surface area contributed by atoms with Gasteiger partial charge in [-0.3, -0.25) is 0 Å². The monoisotopic (exact) mass is 382 g/mol. The van der Waals surface area contributed by atoms with Gasteiger partial charge in [-0.2, -0.15) is 5.10 Å². The summed E-state index contributed by atoms with van der Waals surface area (Å²) in [4.78, 5) is 3.94. The van der Waals surface area contributed by atoms with Gasteiger partial charge in [0.1, 0.15) is 12.7 Å². The van der Waals surface area contributed by atoms with Crippen LogP contribution in [0.3, 0.4) is 0 Å². The lowest BCUT2D eigenvalue weighted by molar-refractivity contribution is 0.680. The molecule has 3 aromatic rings. The molecule has 7 heteroatoms. The van der Waals surface area contributed by atoms with Gasteiger partial charge in [-0.1, -0.05) is 53.5 Å². The molecule has 0 bridgehead atoms. The van der Waals surface area contributed by atoms with Gasteiger partial charge in [0.2, 0.25) is 0 Å². The Kier molecular flexibility index (Phi) is 7.06. The predicted octanol–water partition coefficient (Wildman–Crippen LogP) is 4.34. The van der Waals surface area contributed by atoms with Crippen LogP contribution in [0.15, 0.2) is 55.1 Å². The molecule has 0 aliphatic heterocycles. The van der Waals surface area contributed by atoms with Crippen molar-refractivity contribution in [2.75, 3.05) is 0 Å². The van der Waals surface area contributed by atoms with E-state index in [0.29, 0.717) is 16.6 Å². The molecule has 0 atom stereocenters. The van der Waals surface area contributed by atoms with E-state index < -0.39 is 0 Å². The summed E-state index contributed by atoms with van der Waals surface area (Å²) in [6.45, 7) is 2.22. The fraction of sp³-hybridized carbons (Fsp3) is 0.176. The summed E-state index contributed by atoms with van der Waals surface area (Å²) >= 11 is 12.1. The number of halogens is 3. The van der Waals surface area contributed by atoms with E-state index in [1.807, 2.05) is 12.1 Å². The zero-order valence-corrected chi connectivity index (χ0v) is 15.2. The van der Waals surface area contributed by atoms with Gasteiger partial charge in [0.05, 0.1) is 6.54 Å². The van der Waals surface area contributed by atoms with Crippen LogP contribution >= 0.6 is 35.6 Å². The predicted molar refractivity (Wildman–Crippen MR) is 99.8 cm³/mol. The maximum Gasteiger partial charge on any atom is 0.137 e. The van der Waals surface area contributed by atoms with Gasteiger partial charge in [0.15, 0.2) is 0 Å². The molecule has 0 fully saturated rings. The Balaban J connectivity index is 0.00000208. The van der Waals surface area contributed by atoms with E-state index in [0.717, 1.165) is 18.7 Å². The smallest absolute Gasteiger partial charge is 0.137 e. The molecule has 1 aromatic heterocycles. The molecule has 0 spiro atoms. The Bertz CT molecular complexity index is 758. The largest absolute Gasteiger partial charge is 0.309 e. The van der Waals surface area contributed by atoms with Crippen LogP contribution in [0.4, 0.5) is 0 Å². The molecule has 3 rings (SSSR count). The van der Waals surface area contributed by atoms with Crippen molar-refractivity contribution >= 4 is 35.6 Å². The first-order valence-corrected chi connectivity index (χ1v) is 8.01. The standard InChI is InChI=1S/C17H16Cl2N4.ClH/c18-16-6-5-15(17(19)7-16)9-20-8-13-1-3-14(4-2-13)10-23-12-21-11-22-23;/h1-7,11-12,20H,8-10H2;1H. The quantitative estimate of drug-likeness (QED) is 0.688. The second-order valence-corrected chi connectivity index (χ2v) is 6.09. The van der Waals surface area contributed by atoms with Crippen LogP contribution in [-0.2, 0) is 19.6 Å². The van der Waals surface area contributed by atoms with Crippen molar-refractivity contribution in [3.63, 3.8) is 0 Å². The van der Waals surface area contributed by atoms with E-state index in [1.54, 1.807) is 23.4 Å². The molecular formula is C17H17Cl3N4. The maximum absolute atomic E-state index is 6.16. The van der Waals surface area contributed by atoms with Crippen LogP contribution in [-0.4, -0.2) is 14.8 Å². The van der Waals surface area contributed by atoms with Gasteiger partial charge in [0.25, 0.3) is 0 Å². The van der Waals surface area contributed by atoms with Crippen LogP contribution in [0, 0.1) is 0 Å². The molecule has 24 heavy (non-hydrogen) atoms. The molecule has 0 aliphatic carbocycles. The highest BCUT2D eigenvalue weighted by Crippen LogP contribution is 2.20. The maximum atomic E-state index is 6.16. The number of benzene rings is 2. The van der Waals surface area contributed by atoms with Gasteiger partial charge >= 0.3 is 0 Å². The van der Waals surface area contributed by atoms with E-state index in [1.165, 1.54) is 11.1 Å². The van der Waals surface area contributed by atoms with Crippen LogP contribution in [0.5, 0.6) is 0 Å². The van der Waals surface area contributed by atoms with Crippen molar-refractivity contribution in [3.8, 4) is 0 Å². The Labute approximate surface area is 157 Å². The minimum atomic E-state index is 0. The van der Waals surface area contributed by atoms with E-state index in [9.17, 15) is 0 Å². The number of hydrogen-bond donors (Lipinski definition) is 1. The summed E-state index contributed by atoms with van der Waals surface area (Å²) < 4.78 is 1.80. The van der Waals surface area contributed by atoms with Gasteiger partial charge in [-0.15, -0.1) is 12.4 Å². The lowest BCUT2D eigenvalue weighted by Gasteiger charge is -2.08. The fourth-order valence-electron chi connectivity index (χ4n) is 2.27. The average Bonchev–Trinajstić information content (AvgIpc) is 3.04. The molecular weight excluding hydrogens is 367 g/mol. The molecule has 0 unspecified atom stereocenters. The highest BCUT2D eigenvalue weighted by molar-refractivity contribution is 6.35. The molecule has 126 valence electrons. The van der Waals surface area contributed by atoms with E-state index >= 15 is 0 Å². The molecule has 0 saturated heterocycles. The van der Waals surface area contributed by atoms with Crippen LogP contribution < -0.4 is 5.32 Å². The fourth-order valence-corrected chi connectivity index (χ4v) is 2.75. The summed E-state index contributed by atoms with van der Waals surface area (Å²) in [7, 11) is 0. The number of aromatic nitrogens is 3. The van der Waals surface area contributed by atoms with E-state index in [4.69, 9.17) is 23.2 Å². The van der Waals surface area contributed by atoms with Crippen molar-refractivity contribution in [3.05, 3.63) is 81.9 Å². The van der Waals surface area contributed by atoms with Crippen molar-refractivity contribution < 1.29 is 0 Å². The second kappa shape index (κ2) is 9.04. The van der Waals surface area contributed by atoms with Gasteiger partial charge in [0, 0.05) is 23.1 Å². The molecule has 1 N–H and O–H groups in total. The number of nitrogens with one attached hydrogen (secondary N) is 1. The number of nitrogens with zero attached hydrogens (tertiary/aromatic N) is 3. The molecule has 2 aromatic carbocycles. The van der Waals surface area contributed by atoms with Gasteiger partial charge < -0.3 is 5.32 Å². The van der Waals surface area contributed by atoms with Crippen LogP contribution in [0.1, 0.15) is 16.7 Å². The third kappa shape index (κ3) is 5.21. The summed E-state index contributed by atoms with van der Waals surface area (Å²) in [5.74, 6) is 0. The Morgan fingerprint density at radius 2 is 1.71 bits per heavy atom. The van der Waals surface area contributed by atoms with Crippen molar-refractivity contribution in [2.24, 2.45) is 0 Å². The van der Waals surface area contributed by atoms with Gasteiger partial charge in [-0.25, -0.2) is 9.67 Å². The topological polar surface area (TPSA) is 42.7 Å². The SMILES string of the molecule is Cl.Clc1ccc(CNCc2ccc(Cn3cncn3)cc2)c(Cl)c1. The number of hydrogen-bond acceptors (Lipinski definition) is 3. The Morgan fingerprint density at radius 1 is 0.958 bits per heavy atom. The Morgan fingerprint density at radius 3 is 2.38 bits per heavy atom. The normalized spacial score (nSPS) is 10.4. The van der Waals surface area contributed by atoms with E-state index in [2.05, 4.69) is 39.7 Å². The minimum Gasteiger partial charge on any atom is -0.309 e. The summed E-state index contributed by atoms with van der Waals surface area (Å²) in [5, 5.41) is 8.83. The molecule has 0 amide bonds. The molecule has 0 saturated carbocycles. The first kappa shape index (κ1) is 18.7. The molecule has 1 heterocycles. The first-order valence-electron chi connectivity index (χ1n) is 7.25. The third-order valence-corrected chi connectivity index (χ3v) is 4.08. The summed E-state index contributed by atoms with van der Waals surface area (Å²) in [6, 6.07) is 14.0. The molecule has 4 nitrogen and oxygen atoms in total. The lowest BCUT2D eigenvalue weighted by Crippen LogP contribution is -2.13. The van der Waals surface area contributed by atoms with Crippen LogP contribution in [0.25, 0.3) is 0 Å². The first-order chi connectivity index (χ1) is 11.2. The third-order valence-electron chi connectivity index (χ3n) is 3.49. The van der Waals surface area contributed by atoms with E-state index in [-0.39, 0.29) is 12.4 Å². The van der Waals surface area contributed by atoms with Crippen molar-refractivity contribution in [1.82, 2.24) is 20.1 Å². The Hall–Kier alpha value is -1.59. The van der Waals surface area contributed by atoms with Gasteiger partial charge in [-0.05, 0) is 28.8 Å². The average molecular weight is 384 g/mol. The molecule has 0 aliphatic rings. The summed E-state index contributed by atoms with van der Waals surface area (Å²) in [5.41, 5.74) is 3.45.